The van der Waals surface area contributed by atoms with Crippen LogP contribution in [0.15, 0.2) is 22.6 Å². The van der Waals surface area contributed by atoms with Crippen LogP contribution in [0.5, 0.6) is 5.75 Å². The van der Waals surface area contributed by atoms with Crippen LogP contribution in [-0.2, 0) is 21.7 Å². The third-order valence-electron chi connectivity index (χ3n) is 2.99. The molecule has 1 amide bonds. The number of hydrogen-bond donors (Lipinski definition) is 1. The van der Waals surface area contributed by atoms with Gasteiger partial charge in [0.1, 0.15) is 11.4 Å². The van der Waals surface area contributed by atoms with Crippen LogP contribution >= 0.6 is 12.2 Å². The molecular formula is C14H19N3O4S2. The second-order valence-corrected chi connectivity index (χ2v) is 5.91. The van der Waals surface area contributed by atoms with Crippen molar-refractivity contribution < 1.29 is 17.9 Å². The van der Waals surface area contributed by atoms with E-state index in [0.29, 0.717) is 16.4 Å². The molecule has 1 aromatic rings. The molecule has 0 saturated carbocycles. The highest BCUT2D eigenvalue weighted by atomic mass is 32.2. The summed E-state index contributed by atoms with van der Waals surface area (Å²) in [6, 6.07) is 4.67. The minimum atomic E-state index is -2.61. The number of hydrogen-bond acceptors (Lipinski definition) is 6. The zero-order chi connectivity index (χ0) is 17.6. The number of rotatable bonds is 5. The summed E-state index contributed by atoms with van der Waals surface area (Å²) in [6.45, 7) is 3.72. The van der Waals surface area contributed by atoms with Gasteiger partial charge in [-0.3, -0.25) is 9.69 Å². The van der Waals surface area contributed by atoms with Gasteiger partial charge in [-0.25, -0.2) is 0 Å². The Morgan fingerprint density at radius 3 is 2.57 bits per heavy atom. The lowest BCUT2D eigenvalue weighted by Crippen LogP contribution is -2.46. The van der Waals surface area contributed by atoms with Gasteiger partial charge in [0.2, 0.25) is 5.91 Å². The maximum atomic E-state index is 12.5. The Labute approximate surface area is 142 Å². The molecule has 9 heteroatoms. The molecule has 0 radical (unpaired) electrons. The molecule has 1 rings (SSSR count). The summed E-state index contributed by atoms with van der Waals surface area (Å²) >= 11 is 5.14. The van der Waals surface area contributed by atoms with Gasteiger partial charge in [-0.15, -0.1) is 4.36 Å². The second kappa shape index (κ2) is 8.59. The molecule has 0 fully saturated rings. The van der Waals surface area contributed by atoms with Crippen LogP contribution in [0.25, 0.3) is 0 Å². The first-order valence-electron chi connectivity index (χ1n) is 6.82. The van der Waals surface area contributed by atoms with Gasteiger partial charge >= 0.3 is 10.5 Å². The SMILES string of the molecule is CNC(=S)N(C(=O)Cc1ccc(OC)c(N=S(=O)=O)c1)C(C)C. The molecule has 0 bridgehead atoms. The Morgan fingerprint density at radius 1 is 1.43 bits per heavy atom. The Balaban J connectivity index is 3.11. The summed E-state index contributed by atoms with van der Waals surface area (Å²) in [6.07, 6.45) is 0.0675. The van der Waals surface area contributed by atoms with E-state index in [4.69, 9.17) is 17.0 Å². The summed E-state index contributed by atoms with van der Waals surface area (Å²) in [5.74, 6) is 0.121. The number of thiocarbonyl (C=S) groups is 1. The first kappa shape index (κ1) is 19.0. The van der Waals surface area contributed by atoms with Crippen molar-refractivity contribution in [3.05, 3.63) is 23.8 Å². The molecule has 1 N–H and O–H groups in total. The van der Waals surface area contributed by atoms with E-state index in [1.807, 2.05) is 13.8 Å². The predicted octanol–water partition coefficient (Wildman–Crippen LogP) is 1.67. The van der Waals surface area contributed by atoms with Gasteiger partial charge in [0.25, 0.3) is 0 Å². The molecule has 0 aliphatic heterocycles. The molecule has 1 aromatic carbocycles. The van der Waals surface area contributed by atoms with Crippen molar-refractivity contribution in [2.24, 2.45) is 4.36 Å². The molecule has 126 valence electrons. The number of amides is 1. The lowest BCUT2D eigenvalue weighted by atomic mass is 10.1. The summed E-state index contributed by atoms with van der Waals surface area (Å²) in [5.41, 5.74) is 0.767. The van der Waals surface area contributed by atoms with Crippen molar-refractivity contribution in [3.8, 4) is 5.75 Å². The van der Waals surface area contributed by atoms with E-state index in [2.05, 4.69) is 9.68 Å². The van der Waals surface area contributed by atoms with E-state index >= 15 is 0 Å². The molecule has 0 spiro atoms. The van der Waals surface area contributed by atoms with E-state index < -0.39 is 10.5 Å². The predicted molar refractivity (Wildman–Crippen MR) is 91.3 cm³/mol. The number of carbonyl (C=O) groups is 1. The molecule has 23 heavy (non-hydrogen) atoms. The molecule has 0 saturated heterocycles. The van der Waals surface area contributed by atoms with Crippen molar-refractivity contribution in [3.63, 3.8) is 0 Å². The zero-order valence-electron chi connectivity index (χ0n) is 13.4. The Bertz CT molecular complexity index is 722. The van der Waals surface area contributed by atoms with E-state index in [1.54, 1.807) is 19.2 Å². The van der Waals surface area contributed by atoms with E-state index in [1.165, 1.54) is 18.1 Å². The molecule has 7 nitrogen and oxygen atoms in total. The second-order valence-electron chi connectivity index (χ2n) is 4.90. The Hall–Kier alpha value is -2.00. The average molecular weight is 357 g/mol. The fourth-order valence-electron chi connectivity index (χ4n) is 2.01. The standard InChI is InChI=1S/C14H19N3O4S2/c1-9(2)17(14(22)15-3)13(18)8-10-5-6-12(21-4)11(7-10)16-23(19)20/h5-7,9H,8H2,1-4H3,(H,15,22). The molecule has 0 aliphatic carbocycles. The molecule has 0 aromatic heterocycles. The summed E-state index contributed by atoms with van der Waals surface area (Å²) < 4.78 is 30.1. The van der Waals surface area contributed by atoms with E-state index in [9.17, 15) is 13.2 Å². The number of ether oxygens (including phenoxy) is 1. The van der Waals surface area contributed by atoms with Gasteiger partial charge in [-0.2, -0.15) is 8.42 Å². The summed E-state index contributed by atoms with van der Waals surface area (Å²) in [7, 11) is 0.462. The quantitative estimate of drug-likeness (QED) is 0.807. The smallest absolute Gasteiger partial charge is 0.316 e. The van der Waals surface area contributed by atoms with Crippen LogP contribution in [0.4, 0.5) is 5.69 Å². The van der Waals surface area contributed by atoms with Crippen molar-refractivity contribution in [2.45, 2.75) is 26.3 Å². The van der Waals surface area contributed by atoms with Gasteiger partial charge in [0.05, 0.1) is 13.5 Å². The minimum Gasteiger partial charge on any atom is -0.494 e. The van der Waals surface area contributed by atoms with E-state index in [-0.39, 0.29) is 24.1 Å². The minimum absolute atomic E-state index is 0.0675. The number of nitrogens with zero attached hydrogens (tertiary/aromatic N) is 2. The van der Waals surface area contributed by atoms with Crippen LogP contribution in [0, 0.1) is 0 Å². The number of carbonyl (C=O) groups excluding carboxylic acids is 1. The summed E-state index contributed by atoms with van der Waals surface area (Å²) in [4.78, 5) is 13.9. The topological polar surface area (TPSA) is 88.1 Å². The highest BCUT2D eigenvalue weighted by Crippen LogP contribution is 2.28. The van der Waals surface area contributed by atoms with Gasteiger partial charge in [0.15, 0.2) is 5.11 Å². The van der Waals surface area contributed by atoms with Crippen molar-refractivity contribution in [1.29, 1.82) is 0 Å². The fourth-order valence-corrected chi connectivity index (χ4v) is 2.63. The molecule has 0 unspecified atom stereocenters. The number of benzene rings is 1. The van der Waals surface area contributed by atoms with E-state index in [0.717, 1.165) is 0 Å². The Kier molecular flexibility index (Phi) is 7.11. The monoisotopic (exact) mass is 357 g/mol. The number of methoxy groups -OCH3 is 1. The maximum Gasteiger partial charge on any atom is 0.316 e. The average Bonchev–Trinajstić information content (AvgIpc) is 2.46. The molecule has 0 atom stereocenters. The van der Waals surface area contributed by atoms with Crippen molar-refractivity contribution >= 4 is 39.4 Å². The molecule has 0 heterocycles. The highest BCUT2D eigenvalue weighted by molar-refractivity contribution is 7.80. The van der Waals surface area contributed by atoms with Gasteiger partial charge in [0, 0.05) is 13.1 Å². The lowest BCUT2D eigenvalue weighted by Gasteiger charge is -2.26. The van der Waals surface area contributed by atoms with Crippen molar-refractivity contribution in [1.82, 2.24) is 10.2 Å². The third-order valence-corrected chi connectivity index (χ3v) is 3.74. The summed E-state index contributed by atoms with van der Waals surface area (Å²) in [5, 5.41) is 3.12. The first-order valence-corrected chi connectivity index (χ1v) is 8.26. The lowest BCUT2D eigenvalue weighted by molar-refractivity contribution is -0.127. The van der Waals surface area contributed by atoms with Crippen LogP contribution in [0.3, 0.4) is 0 Å². The Morgan fingerprint density at radius 2 is 2.09 bits per heavy atom. The molecular weight excluding hydrogens is 338 g/mol. The van der Waals surface area contributed by atoms with Crippen LogP contribution in [0.2, 0.25) is 0 Å². The van der Waals surface area contributed by atoms with Crippen LogP contribution < -0.4 is 10.1 Å². The fraction of sp³-hybridized carbons (Fsp3) is 0.429. The normalized spacial score (nSPS) is 10.1. The van der Waals surface area contributed by atoms with Crippen LogP contribution in [-0.4, -0.2) is 44.5 Å². The van der Waals surface area contributed by atoms with Crippen molar-refractivity contribution in [2.75, 3.05) is 14.2 Å². The van der Waals surface area contributed by atoms with Crippen LogP contribution in [0.1, 0.15) is 19.4 Å². The van der Waals surface area contributed by atoms with Gasteiger partial charge in [-0.1, -0.05) is 6.07 Å². The largest absolute Gasteiger partial charge is 0.494 e. The number of nitrogens with one attached hydrogen (secondary N) is 1. The third kappa shape index (κ3) is 5.29. The zero-order valence-corrected chi connectivity index (χ0v) is 15.0. The highest BCUT2D eigenvalue weighted by Gasteiger charge is 2.21. The van der Waals surface area contributed by atoms with Gasteiger partial charge < -0.3 is 10.1 Å². The maximum absolute atomic E-state index is 12.5. The first-order chi connectivity index (χ1) is 10.8. The van der Waals surface area contributed by atoms with Gasteiger partial charge in [-0.05, 0) is 43.8 Å². The molecule has 0 aliphatic rings.